The second-order valence-electron chi connectivity index (χ2n) is 3.99. The van der Waals surface area contributed by atoms with Crippen LogP contribution in [0.15, 0.2) is 17.3 Å². The third kappa shape index (κ3) is 3.18. The van der Waals surface area contributed by atoms with Crippen LogP contribution in [0.5, 0.6) is 0 Å². The number of hydrogen-bond donors (Lipinski definition) is 1. The van der Waals surface area contributed by atoms with E-state index in [-0.39, 0.29) is 17.1 Å². The molecule has 0 saturated carbocycles. The third-order valence-electron chi connectivity index (χ3n) is 2.60. The van der Waals surface area contributed by atoms with E-state index in [0.717, 1.165) is 23.9 Å². The van der Waals surface area contributed by atoms with Gasteiger partial charge in [0.1, 0.15) is 0 Å². The highest BCUT2D eigenvalue weighted by atomic mass is 32.2. The molecule has 0 radical (unpaired) electrons. The summed E-state index contributed by atoms with van der Waals surface area (Å²) >= 11 is 0.935. The molecule has 2 rings (SSSR count). The summed E-state index contributed by atoms with van der Waals surface area (Å²) in [6.45, 7) is 2.11. The maximum atomic E-state index is 13.3. The molecule has 0 spiro atoms. The molecule has 1 N–H and O–H groups in total. The summed E-state index contributed by atoms with van der Waals surface area (Å²) in [5.74, 6) is -5.30. The van der Waals surface area contributed by atoms with Crippen LogP contribution in [0.1, 0.15) is 6.92 Å². The van der Waals surface area contributed by atoms with Crippen molar-refractivity contribution >= 4 is 17.7 Å². The zero-order valence-corrected chi connectivity index (χ0v) is 11.6. The Morgan fingerprint density at radius 2 is 1.90 bits per heavy atom. The maximum absolute atomic E-state index is 13.3. The molecule has 0 aliphatic heterocycles. The van der Waals surface area contributed by atoms with Gasteiger partial charge in [-0.15, -0.1) is 10.2 Å². The van der Waals surface area contributed by atoms with Crippen LogP contribution in [0.25, 0.3) is 11.4 Å². The summed E-state index contributed by atoms with van der Waals surface area (Å²) in [6.07, 6.45) is 0. The van der Waals surface area contributed by atoms with Gasteiger partial charge in [0.2, 0.25) is 0 Å². The molecule has 9 heteroatoms. The van der Waals surface area contributed by atoms with Crippen LogP contribution in [0.2, 0.25) is 0 Å². The molecule has 21 heavy (non-hydrogen) atoms. The molecular weight excluding hydrogens is 307 g/mol. The molecule has 0 aliphatic carbocycles. The first kappa shape index (κ1) is 15.4. The zero-order valence-electron chi connectivity index (χ0n) is 10.8. The molecule has 1 heterocycles. The van der Waals surface area contributed by atoms with Crippen LogP contribution in [0.3, 0.4) is 0 Å². The minimum atomic E-state index is -1.55. The van der Waals surface area contributed by atoms with Crippen LogP contribution >= 0.6 is 11.8 Å². The van der Waals surface area contributed by atoms with Gasteiger partial charge in [-0.3, -0.25) is 4.79 Å². The predicted molar refractivity (Wildman–Crippen MR) is 69.4 cm³/mol. The number of aromatic nitrogens is 3. The largest absolute Gasteiger partial charge is 0.481 e. The highest BCUT2D eigenvalue weighted by Gasteiger charge is 2.18. The molecule has 112 valence electrons. The van der Waals surface area contributed by atoms with Crippen molar-refractivity contribution in [3.8, 4) is 11.4 Å². The topological polar surface area (TPSA) is 68.0 Å². The normalized spacial score (nSPS) is 10.9. The summed E-state index contributed by atoms with van der Waals surface area (Å²) in [7, 11) is 0. The maximum Gasteiger partial charge on any atom is 0.313 e. The fourth-order valence-electron chi connectivity index (χ4n) is 1.70. The van der Waals surface area contributed by atoms with E-state index in [0.29, 0.717) is 11.7 Å². The van der Waals surface area contributed by atoms with Crippen molar-refractivity contribution < 1.29 is 23.1 Å². The minimum Gasteiger partial charge on any atom is -0.481 e. The van der Waals surface area contributed by atoms with Crippen molar-refractivity contribution in [2.24, 2.45) is 0 Å². The van der Waals surface area contributed by atoms with Gasteiger partial charge >= 0.3 is 5.97 Å². The molecule has 0 unspecified atom stereocenters. The highest BCUT2D eigenvalue weighted by molar-refractivity contribution is 7.99. The van der Waals surface area contributed by atoms with Crippen molar-refractivity contribution in [3.63, 3.8) is 0 Å². The lowest BCUT2D eigenvalue weighted by Gasteiger charge is -2.07. The van der Waals surface area contributed by atoms with Crippen molar-refractivity contribution in [2.75, 3.05) is 5.75 Å². The van der Waals surface area contributed by atoms with Crippen molar-refractivity contribution in [2.45, 2.75) is 18.6 Å². The van der Waals surface area contributed by atoms with Gasteiger partial charge in [-0.25, -0.2) is 13.2 Å². The summed E-state index contributed by atoms with van der Waals surface area (Å²) in [5, 5.41) is 16.5. The number of halogens is 3. The number of aliphatic carboxylic acids is 1. The van der Waals surface area contributed by atoms with Crippen LogP contribution in [-0.2, 0) is 11.3 Å². The van der Waals surface area contributed by atoms with Gasteiger partial charge in [0.25, 0.3) is 0 Å². The average molecular weight is 317 g/mol. The van der Waals surface area contributed by atoms with Gasteiger partial charge in [-0.2, -0.15) is 0 Å². The number of carbonyl (C=O) groups is 1. The van der Waals surface area contributed by atoms with E-state index < -0.39 is 23.4 Å². The third-order valence-corrected chi connectivity index (χ3v) is 3.55. The van der Waals surface area contributed by atoms with Gasteiger partial charge in [0, 0.05) is 12.1 Å². The fourth-order valence-corrected chi connectivity index (χ4v) is 2.43. The molecule has 0 aliphatic rings. The number of nitrogens with zero attached hydrogens (tertiary/aromatic N) is 3. The molecular formula is C12H10F3N3O2S. The van der Waals surface area contributed by atoms with Crippen molar-refractivity contribution in [1.29, 1.82) is 0 Å². The van der Waals surface area contributed by atoms with Gasteiger partial charge in [-0.1, -0.05) is 11.8 Å². The summed E-state index contributed by atoms with van der Waals surface area (Å²) in [4.78, 5) is 10.6. The van der Waals surface area contributed by atoms with E-state index in [9.17, 15) is 18.0 Å². The molecule has 1 aromatic carbocycles. The second kappa shape index (κ2) is 6.17. The van der Waals surface area contributed by atoms with Gasteiger partial charge in [-0.05, 0) is 19.1 Å². The fraction of sp³-hybridized carbons (Fsp3) is 0.250. The van der Waals surface area contributed by atoms with Crippen LogP contribution in [0, 0.1) is 17.5 Å². The van der Waals surface area contributed by atoms with Gasteiger partial charge < -0.3 is 9.67 Å². The Kier molecular flexibility index (Phi) is 4.51. The standard InChI is InChI=1S/C12H10F3N3O2S/c1-2-18-11(16-17-12(18)21-5-9(19)20)6-3-7(13)10(15)8(14)4-6/h3-4H,2,5H2,1H3,(H,19,20). The van der Waals surface area contributed by atoms with E-state index in [1.807, 2.05) is 0 Å². The number of carboxylic acid groups (broad SMARTS) is 1. The lowest BCUT2D eigenvalue weighted by atomic mass is 10.2. The quantitative estimate of drug-likeness (QED) is 0.678. The number of benzene rings is 1. The zero-order chi connectivity index (χ0) is 15.6. The molecule has 0 fully saturated rings. The molecule has 0 atom stereocenters. The number of thioether (sulfide) groups is 1. The number of carboxylic acids is 1. The van der Waals surface area contributed by atoms with Crippen LogP contribution < -0.4 is 0 Å². The lowest BCUT2D eigenvalue weighted by molar-refractivity contribution is -0.133. The Morgan fingerprint density at radius 3 is 2.43 bits per heavy atom. The molecule has 0 bridgehead atoms. The predicted octanol–water partition coefficient (Wildman–Crippen LogP) is 2.56. The molecule has 0 amide bonds. The van der Waals surface area contributed by atoms with Crippen LogP contribution in [0.4, 0.5) is 13.2 Å². The van der Waals surface area contributed by atoms with E-state index in [1.54, 1.807) is 6.92 Å². The summed E-state index contributed by atoms with van der Waals surface area (Å²) in [5.41, 5.74) is 0.0305. The first-order valence-electron chi connectivity index (χ1n) is 5.86. The molecule has 5 nitrogen and oxygen atoms in total. The Hall–Kier alpha value is -2.03. The second-order valence-corrected chi connectivity index (χ2v) is 4.93. The Bertz CT molecular complexity index is 667. The first-order valence-corrected chi connectivity index (χ1v) is 6.85. The van der Waals surface area contributed by atoms with E-state index in [1.165, 1.54) is 4.57 Å². The SMILES string of the molecule is CCn1c(SCC(=O)O)nnc1-c1cc(F)c(F)c(F)c1. The molecule has 1 aromatic heterocycles. The highest BCUT2D eigenvalue weighted by Crippen LogP contribution is 2.26. The molecule has 2 aromatic rings. The summed E-state index contributed by atoms with van der Waals surface area (Å²) < 4.78 is 41.0. The minimum absolute atomic E-state index is 0.0305. The first-order chi connectivity index (χ1) is 9.93. The Morgan fingerprint density at radius 1 is 1.29 bits per heavy atom. The van der Waals surface area contributed by atoms with Crippen LogP contribution in [-0.4, -0.2) is 31.6 Å². The Balaban J connectivity index is 2.42. The van der Waals surface area contributed by atoms with Crippen molar-refractivity contribution in [3.05, 3.63) is 29.6 Å². The van der Waals surface area contributed by atoms with E-state index in [2.05, 4.69) is 10.2 Å². The van der Waals surface area contributed by atoms with E-state index in [4.69, 9.17) is 5.11 Å². The lowest BCUT2D eigenvalue weighted by Crippen LogP contribution is -2.04. The van der Waals surface area contributed by atoms with Gasteiger partial charge in [0.15, 0.2) is 28.4 Å². The van der Waals surface area contributed by atoms with E-state index >= 15 is 0 Å². The smallest absolute Gasteiger partial charge is 0.313 e. The monoisotopic (exact) mass is 317 g/mol. The average Bonchev–Trinajstić information content (AvgIpc) is 2.84. The summed E-state index contributed by atoms with van der Waals surface area (Å²) in [6, 6.07) is 1.64. The van der Waals surface area contributed by atoms with Crippen molar-refractivity contribution in [1.82, 2.24) is 14.8 Å². The molecule has 0 saturated heterocycles. The number of hydrogen-bond acceptors (Lipinski definition) is 4. The van der Waals surface area contributed by atoms with Gasteiger partial charge in [0.05, 0.1) is 5.75 Å². The Labute approximate surface area is 121 Å². The number of rotatable bonds is 5.